The first kappa shape index (κ1) is 18.9. The van der Waals surface area contributed by atoms with E-state index in [0.717, 1.165) is 17.9 Å². The van der Waals surface area contributed by atoms with Gasteiger partial charge in [-0.1, -0.05) is 5.16 Å². The Hall–Kier alpha value is -3.87. The van der Waals surface area contributed by atoms with Crippen molar-refractivity contribution in [1.29, 1.82) is 0 Å². The Morgan fingerprint density at radius 3 is 1.89 bits per heavy atom. The third-order valence-electron chi connectivity index (χ3n) is 3.75. The molecule has 0 atom stereocenters. The lowest BCUT2D eigenvalue weighted by Crippen LogP contribution is -2.15. The van der Waals surface area contributed by atoms with Gasteiger partial charge >= 0.3 is 5.97 Å². The lowest BCUT2D eigenvalue weighted by atomic mass is 10.2. The molecular formula is C21H17FN2O4. The first-order valence-electron chi connectivity index (χ1n) is 8.28. The summed E-state index contributed by atoms with van der Waals surface area (Å²) in [4.78, 5) is 16.6. The third kappa shape index (κ3) is 4.85. The van der Waals surface area contributed by atoms with Crippen LogP contribution in [0, 0.1) is 5.82 Å². The number of amidine groups is 1. The molecule has 3 aromatic rings. The highest BCUT2D eigenvalue weighted by molar-refractivity contribution is 5.98. The molecule has 2 N–H and O–H groups in total. The lowest BCUT2D eigenvalue weighted by Gasteiger charge is -2.07. The van der Waals surface area contributed by atoms with Crippen molar-refractivity contribution in [2.45, 2.75) is 0 Å². The molecule has 0 heterocycles. The van der Waals surface area contributed by atoms with Gasteiger partial charge in [-0.05, 0) is 72.8 Å². The highest BCUT2D eigenvalue weighted by Crippen LogP contribution is 2.24. The molecule has 0 aliphatic heterocycles. The quantitative estimate of drug-likeness (QED) is 0.301. The predicted octanol–water partition coefficient (Wildman–Crippen LogP) is 4.10. The third-order valence-corrected chi connectivity index (χ3v) is 3.75. The molecule has 28 heavy (non-hydrogen) atoms. The molecule has 3 rings (SSSR count). The Labute approximate surface area is 160 Å². The Morgan fingerprint density at radius 1 is 0.821 bits per heavy atom. The average molecular weight is 380 g/mol. The second-order valence-corrected chi connectivity index (χ2v) is 5.66. The molecule has 0 amide bonds. The fraction of sp³-hybridized carbons (Fsp3) is 0.0476. The van der Waals surface area contributed by atoms with Crippen LogP contribution in [0.2, 0.25) is 0 Å². The number of hydrogen-bond acceptors (Lipinski definition) is 5. The van der Waals surface area contributed by atoms with E-state index in [0.29, 0.717) is 17.1 Å². The standard InChI is InChI=1S/C21H17FN2O4/c1-26-17-10-12-19(13-11-17)27-18-8-4-14(5-9-18)20(23)24-28-21(25)15-2-6-16(22)7-3-15/h2-13H,1H3,(H2,23,24). The maximum Gasteiger partial charge on any atom is 0.365 e. The minimum atomic E-state index is -0.734. The smallest absolute Gasteiger partial charge is 0.365 e. The number of methoxy groups -OCH3 is 1. The van der Waals surface area contributed by atoms with E-state index in [4.69, 9.17) is 20.0 Å². The highest BCUT2D eigenvalue weighted by atomic mass is 19.1. The van der Waals surface area contributed by atoms with Crippen LogP contribution in [0.5, 0.6) is 17.2 Å². The molecule has 0 unspecified atom stereocenters. The van der Waals surface area contributed by atoms with Crippen molar-refractivity contribution < 1.29 is 23.5 Å². The summed E-state index contributed by atoms with van der Waals surface area (Å²) in [5.41, 5.74) is 6.56. The number of carbonyl (C=O) groups is 1. The summed E-state index contributed by atoms with van der Waals surface area (Å²) < 4.78 is 23.7. The van der Waals surface area contributed by atoms with E-state index in [9.17, 15) is 9.18 Å². The Morgan fingerprint density at radius 2 is 1.32 bits per heavy atom. The molecule has 0 saturated carbocycles. The van der Waals surface area contributed by atoms with Gasteiger partial charge in [-0.2, -0.15) is 0 Å². The van der Waals surface area contributed by atoms with Crippen LogP contribution in [0.25, 0.3) is 0 Å². The van der Waals surface area contributed by atoms with Crippen LogP contribution in [0.15, 0.2) is 78.0 Å². The summed E-state index contributed by atoms with van der Waals surface area (Å²) in [6.07, 6.45) is 0. The zero-order chi connectivity index (χ0) is 19.9. The maximum atomic E-state index is 12.9. The highest BCUT2D eigenvalue weighted by Gasteiger charge is 2.08. The van der Waals surface area contributed by atoms with E-state index >= 15 is 0 Å². The number of nitrogens with two attached hydrogens (primary N) is 1. The normalized spacial score (nSPS) is 11.0. The molecule has 0 aliphatic rings. The van der Waals surface area contributed by atoms with Gasteiger partial charge in [-0.25, -0.2) is 9.18 Å². The summed E-state index contributed by atoms with van der Waals surface area (Å²) in [7, 11) is 1.59. The fourth-order valence-corrected chi connectivity index (χ4v) is 2.26. The van der Waals surface area contributed by atoms with Crippen molar-refractivity contribution in [3.05, 3.63) is 89.7 Å². The minimum absolute atomic E-state index is 0.0199. The van der Waals surface area contributed by atoms with E-state index in [1.807, 2.05) is 0 Å². The van der Waals surface area contributed by atoms with Crippen LogP contribution in [-0.4, -0.2) is 18.9 Å². The molecular weight excluding hydrogens is 363 g/mol. The number of carbonyl (C=O) groups excluding carboxylic acids is 1. The van der Waals surface area contributed by atoms with E-state index in [1.165, 1.54) is 12.1 Å². The van der Waals surface area contributed by atoms with Gasteiger partial charge in [0.15, 0.2) is 5.84 Å². The minimum Gasteiger partial charge on any atom is -0.497 e. The lowest BCUT2D eigenvalue weighted by molar-refractivity contribution is 0.0516. The van der Waals surface area contributed by atoms with Gasteiger partial charge in [0, 0.05) is 5.56 Å². The monoisotopic (exact) mass is 380 g/mol. The molecule has 0 saturated heterocycles. The number of halogens is 1. The SMILES string of the molecule is COc1ccc(Oc2ccc(/C(N)=N/OC(=O)c3ccc(F)cc3)cc2)cc1. The number of benzene rings is 3. The maximum absolute atomic E-state index is 12.9. The van der Waals surface area contributed by atoms with E-state index < -0.39 is 11.8 Å². The summed E-state index contributed by atoms with van der Waals surface area (Å²) >= 11 is 0. The van der Waals surface area contributed by atoms with Crippen molar-refractivity contribution in [1.82, 2.24) is 0 Å². The number of ether oxygens (including phenoxy) is 2. The summed E-state index contributed by atoms with van der Waals surface area (Å²) in [6.45, 7) is 0. The average Bonchev–Trinajstić information content (AvgIpc) is 2.73. The first-order chi connectivity index (χ1) is 13.5. The topological polar surface area (TPSA) is 83.1 Å². The van der Waals surface area contributed by atoms with Crippen molar-refractivity contribution in [2.75, 3.05) is 7.11 Å². The van der Waals surface area contributed by atoms with E-state index in [1.54, 1.807) is 55.6 Å². The second kappa shape index (κ2) is 8.68. The predicted molar refractivity (Wildman–Crippen MR) is 102 cm³/mol. The molecule has 0 spiro atoms. The largest absolute Gasteiger partial charge is 0.497 e. The van der Waals surface area contributed by atoms with Crippen molar-refractivity contribution in [3.8, 4) is 17.2 Å². The van der Waals surface area contributed by atoms with E-state index in [2.05, 4.69) is 5.16 Å². The van der Waals surface area contributed by atoms with Gasteiger partial charge in [-0.3, -0.25) is 0 Å². The molecule has 3 aromatic carbocycles. The van der Waals surface area contributed by atoms with Crippen LogP contribution in [0.3, 0.4) is 0 Å². The molecule has 0 aliphatic carbocycles. The van der Waals surface area contributed by atoms with Crippen LogP contribution in [0.1, 0.15) is 15.9 Å². The van der Waals surface area contributed by atoms with Crippen LogP contribution in [-0.2, 0) is 4.84 Å². The molecule has 0 radical (unpaired) electrons. The zero-order valence-corrected chi connectivity index (χ0v) is 15.0. The van der Waals surface area contributed by atoms with Crippen LogP contribution in [0.4, 0.5) is 4.39 Å². The second-order valence-electron chi connectivity index (χ2n) is 5.66. The van der Waals surface area contributed by atoms with Crippen LogP contribution < -0.4 is 15.2 Å². The van der Waals surface area contributed by atoms with Gasteiger partial charge < -0.3 is 20.0 Å². The number of oxime groups is 1. The Bertz CT molecular complexity index is 969. The molecule has 6 nitrogen and oxygen atoms in total. The molecule has 7 heteroatoms. The summed E-state index contributed by atoms with van der Waals surface area (Å²) in [5.74, 6) is 0.834. The molecule has 0 fully saturated rings. The summed E-state index contributed by atoms with van der Waals surface area (Å²) in [6, 6.07) is 18.9. The molecule has 142 valence electrons. The van der Waals surface area contributed by atoms with Crippen LogP contribution >= 0.6 is 0 Å². The van der Waals surface area contributed by atoms with Gasteiger partial charge in [0.05, 0.1) is 12.7 Å². The number of nitrogens with zero attached hydrogens (tertiary/aromatic N) is 1. The first-order valence-corrected chi connectivity index (χ1v) is 8.28. The van der Waals surface area contributed by atoms with Gasteiger partial charge in [-0.15, -0.1) is 0 Å². The Balaban J connectivity index is 1.62. The summed E-state index contributed by atoms with van der Waals surface area (Å²) in [5, 5.41) is 3.62. The van der Waals surface area contributed by atoms with E-state index in [-0.39, 0.29) is 11.4 Å². The molecule has 0 bridgehead atoms. The van der Waals surface area contributed by atoms with Crippen molar-refractivity contribution in [2.24, 2.45) is 10.9 Å². The van der Waals surface area contributed by atoms with Gasteiger partial charge in [0.1, 0.15) is 23.1 Å². The number of rotatable bonds is 6. The Kier molecular flexibility index (Phi) is 5.86. The van der Waals surface area contributed by atoms with Crippen molar-refractivity contribution in [3.63, 3.8) is 0 Å². The fourth-order valence-electron chi connectivity index (χ4n) is 2.26. The molecule has 0 aromatic heterocycles. The number of hydrogen-bond donors (Lipinski definition) is 1. The van der Waals surface area contributed by atoms with Crippen molar-refractivity contribution >= 4 is 11.8 Å². The van der Waals surface area contributed by atoms with Gasteiger partial charge in [0.2, 0.25) is 0 Å². The zero-order valence-electron chi connectivity index (χ0n) is 15.0. The van der Waals surface area contributed by atoms with Gasteiger partial charge in [0.25, 0.3) is 0 Å².